The summed E-state index contributed by atoms with van der Waals surface area (Å²) < 4.78 is 14.2. The van der Waals surface area contributed by atoms with Gasteiger partial charge in [0.15, 0.2) is 5.78 Å². The summed E-state index contributed by atoms with van der Waals surface area (Å²) in [6.45, 7) is 2.47. The quantitative estimate of drug-likeness (QED) is 0.245. The lowest BCUT2D eigenvalue weighted by Gasteiger charge is -2.38. The van der Waals surface area contributed by atoms with Gasteiger partial charge >= 0.3 is 0 Å². The highest BCUT2D eigenvalue weighted by atomic mass is 19.1. The summed E-state index contributed by atoms with van der Waals surface area (Å²) in [5, 5.41) is 9.88. The second-order valence-electron chi connectivity index (χ2n) is 11.5. The van der Waals surface area contributed by atoms with Gasteiger partial charge < -0.3 is 5.11 Å². The van der Waals surface area contributed by atoms with Crippen molar-refractivity contribution in [3.8, 4) is 5.75 Å². The monoisotopic (exact) mass is 560 g/mol. The van der Waals surface area contributed by atoms with Gasteiger partial charge in [0.05, 0.1) is 5.69 Å². The summed E-state index contributed by atoms with van der Waals surface area (Å²) in [6.07, 6.45) is 1.50. The van der Waals surface area contributed by atoms with Crippen molar-refractivity contribution in [2.75, 3.05) is 11.4 Å². The number of carbonyl (C=O) groups excluding carboxylic acids is 3. The van der Waals surface area contributed by atoms with Gasteiger partial charge in [0.2, 0.25) is 0 Å². The Hall–Kier alpha value is -4.62. The molecule has 0 bridgehead atoms. The molecule has 0 saturated carbocycles. The zero-order valence-corrected chi connectivity index (χ0v) is 23.0. The highest BCUT2D eigenvalue weighted by molar-refractivity contribution is 6.27. The first-order chi connectivity index (χ1) is 20.3. The van der Waals surface area contributed by atoms with E-state index in [1.54, 1.807) is 48.5 Å². The molecule has 4 aromatic rings. The fourth-order valence-corrected chi connectivity index (χ4v) is 7.60. The van der Waals surface area contributed by atoms with Crippen molar-refractivity contribution < 1.29 is 23.9 Å². The van der Waals surface area contributed by atoms with E-state index in [1.165, 1.54) is 29.2 Å². The van der Waals surface area contributed by atoms with Crippen LogP contribution >= 0.6 is 0 Å². The number of hydrogen-bond acceptors (Lipinski definition) is 5. The Morgan fingerprint density at radius 1 is 0.905 bits per heavy atom. The molecule has 7 heteroatoms. The summed E-state index contributed by atoms with van der Waals surface area (Å²) in [7, 11) is 0. The number of ketones is 1. The van der Waals surface area contributed by atoms with Crippen molar-refractivity contribution in [3.63, 3.8) is 0 Å². The number of para-hydroxylation sites is 1. The van der Waals surface area contributed by atoms with E-state index in [9.17, 15) is 19.1 Å². The molecule has 6 nitrogen and oxygen atoms in total. The largest absolute Gasteiger partial charge is 0.508 e. The number of imide groups is 1. The number of aromatic hydroxyl groups is 1. The minimum absolute atomic E-state index is 0.0530. The highest BCUT2D eigenvalue weighted by Gasteiger charge is 2.70. The number of rotatable bonds is 4. The van der Waals surface area contributed by atoms with Gasteiger partial charge in [-0.3, -0.25) is 19.3 Å². The fourth-order valence-electron chi connectivity index (χ4n) is 7.60. The van der Waals surface area contributed by atoms with Crippen molar-refractivity contribution in [1.82, 2.24) is 4.90 Å². The number of aryl methyl sites for hydroxylation is 1. The number of hydrogen-bond donors (Lipinski definition) is 1. The van der Waals surface area contributed by atoms with Gasteiger partial charge in [-0.1, -0.05) is 48.0 Å². The van der Waals surface area contributed by atoms with E-state index in [2.05, 4.69) is 4.90 Å². The molecule has 42 heavy (non-hydrogen) atoms. The molecule has 0 aliphatic carbocycles. The van der Waals surface area contributed by atoms with Crippen molar-refractivity contribution in [3.05, 3.63) is 131 Å². The van der Waals surface area contributed by atoms with E-state index in [1.807, 2.05) is 31.2 Å². The van der Waals surface area contributed by atoms with E-state index in [-0.39, 0.29) is 17.6 Å². The maximum Gasteiger partial charge on any atom is 0.265 e. The van der Waals surface area contributed by atoms with Crippen LogP contribution < -0.4 is 4.90 Å². The van der Waals surface area contributed by atoms with Crippen LogP contribution in [-0.4, -0.2) is 40.2 Å². The van der Waals surface area contributed by atoms with Crippen molar-refractivity contribution in [2.24, 2.45) is 5.92 Å². The number of phenolic OH excluding ortho intramolecular Hbond substituents is 1. The van der Waals surface area contributed by atoms with Gasteiger partial charge in [0, 0.05) is 34.6 Å². The first kappa shape index (κ1) is 26.3. The molecule has 1 spiro atoms. The van der Waals surface area contributed by atoms with Crippen LogP contribution in [0.15, 0.2) is 97.1 Å². The second-order valence-corrected chi connectivity index (χ2v) is 11.5. The average Bonchev–Trinajstić information content (AvgIpc) is 3.65. The summed E-state index contributed by atoms with van der Waals surface area (Å²) in [5.41, 5.74) is 2.24. The van der Waals surface area contributed by atoms with E-state index >= 15 is 4.79 Å². The Labute approximate surface area is 243 Å². The third-order valence-electron chi connectivity index (χ3n) is 9.21. The van der Waals surface area contributed by atoms with Crippen LogP contribution in [0.1, 0.15) is 56.2 Å². The Balaban J connectivity index is 1.46. The summed E-state index contributed by atoms with van der Waals surface area (Å²) in [5.74, 6) is -2.65. The maximum absolute atomic E-state index is 15.1. The van der Waals surface area contributed by atoms with Crippen LogP contribution in [-0.2, 0) is 10.3 Å². The van der Waals surface area contributed by atoms with Crippen LogP contribution in [0.25, 0.3) is 0 Å². The average molecular weight is 561 g/mol. The number of fused-ring (bicyclic) bond motifs is 4. The number of Topliss-reactive ketones (excluding diaryl/α,β-unsaturated/α-hetero) is 1. The van der Waals surface area contributed by atoms with Crippen molar-refractivity contribution >= 4 is 23.3 Å². The predicted molar refractivity (Wildman–Crippen MR) is 156 cm³/mol. The molecular formula is C35H29FN2O4. The molecule has 0 unspecified atom stereocenters. The second kappa shape index (κ2) is 9.74. The smallest absolute Gasteiger partial charge is 0.265 e. The number of nitrogens with zero attached hydrogens (tertiary/aromatic N) is 2. The third kappa shape index (κ3) is 3.70. The molecular weight excluding hydrogens is 531 g/mol. The summed E-state index contributed by atoms with van der Waals surface area (Å²) >= 11 is 0. The first-order valence-electron chi connectivity index (χ1n) is 14.2. The lowest BCUT2D eigenvalue weighted by atomic mass is 9.68. The lowest BCUT2D eigenvalue weighted by molar-refractivity contribution is -0.128. The van der Waals surface area contributed by atoms with E-state index < -0.39 is 35.0 Å². The molecule has 2 fully saturated rings. The number of amides is 2. The molecule has 3 heterocycles. The molecule has 4 aromatic carbocycles. The molecule has 2 amide bonds. The van der Waals surface area contributed by atoms with Crippen LogP contribution in [0.4, 0.5) is 10.1 Å². The number of halogens is 1. The molecule has 0 aromatic heterocycles. The fraction of sp³-hybridized carbons (Fsp3) is 0.229. The zero-order chi connectivity index (χ0) is 29.2. The molecule has 3 aliphatic rings. The first-order valence-corrected chi connectivity index (χ1v) is 14.2. The number of phenols is 1. The van der Waals surface area contributed by atoms with Gasteiger partial charge in [-0.15, -0.1) is 0 Å². The Morgan fingerprint density at radius 3 is 2.38 bits per heavy atom. The number of anilines is 1. The van der Waals surface area contributed by atoms with Crippen LogP contribution in [0, 0.1) is 18.7 Å². The number of carbonyl (C=O) groups is 3. The van der Waals surface area contributed by atoms with Gasteiger partial charge in [0.25, 0.3) is 11.8 Å². The molecule has 7 rings (SSSR count). The predicted octanol–water partition coefficient (Wildman–Crippen LogP) is 5.98. The lowest BCUT2D eigenvalue weighted by Crippen LogP contribution is -2.53. The zero-order valence-electron chi connectivity index (χ0n) is 23.0. The molecule has 1 N–H and O–H groups in total. The topological polar surface area (TPSA) is 77.9 Å². The third-order valence-corrected chi connectivity index (χ3v) is 9.21. The SMILES string of the molecule is Cc1cccc(C(=O)N2C(=O)[C@@]3(c4ccccc42)[C@@H](c2ccc(F)cc2)[C@H](C(=O)c2ccc(O)cc2)[C@@H]2CCCN23)c1. The molecule has 4 atom stereocenters. The van der Waals surface area contributed by atoms with E-state index in [0.29, 0.717) is 40.9 Å². The van der Waals surface area contributed by atoms with Gasteiger partial charge in [-0.2, -0.15) is 0 Å². The van der Waals surface area contributed by atoms with Gasteiger partial charge in [-0.05, 0) is 86.5 Å². The van der Waals surface area contributed by atoms with Gasteiger partial charge in [0.1, 0.15) is 17.1 Å². The van der Waals surface area contributed by atoms with Crippen molar-refractivity contribution in [1.29, 1.82) is 0 Å². The molecule has 0 radical (unpaired) electrons. The van der Waals surface area contributed by atoms with E-state index in [0.717, 1.165) is 12.0 Å². The minimum Gasteiger partial charge on any atom is -0.508 e. The Bertz CT molecular complexity index is 1730. The molecule has 3 aliphatic heterocycles. The Kier molecular flexibility index (Phi) is 6.10. The maximum atomic E-state index is 15.1. The number of benzene rings is 4. The molecule has 210 valence electrons. The normalized spacial score (nSPS) is 24.7. The Morgan fingerprint density at radius 2 is 1.64 bits per heavy atom. The van der Waals surface area contributed by atoms with Crippen LogP contribution in [0.3, 0.4) is 0 Å². The minimum atomic E-state index is -1.34. The van der Waals surface area contributed by atoms with Gasteiger partial charge in [-0.25, -0.2) is 9.29 Å². The summed E-state index contributed by atoms with van der Waals surface area (Å²) in [6, 6.07) is 26.4. The highest BCUT2D eigenvalue weighted by Crippen LogP contribution is 2.63. The standard InChI is InChI=1S/C35H29FN2O4/c1-21-6-4-7-24(20-21)33(41)38-28-9-3-2-8-27(28)35(34(38)42)31(22-11-15-25(36)16-12-22)30(29-10-5-19-37(29)35)32(40)23-13-17-26(39)18-14-23/h2-4,6-9,11-18,20,29-31,39H,5,10,19H2,1H3/t29-,30+,31-,35+/m0/s1. The summed E-state index contributed by atoms with van der Waals surface area (Å²) in [4.78, 5) is 47.0. The van der Waals surface area contributed by atoms with Crippen molar-refractivity contribution in [2.45, 2.75) is 37.3 Å². The van der Waals surface area contributed by atoms with Crippen LogP contribution in [0.2, 0.25) is 0 Å². The molecule has 2 saturated heterocycles. The van der Waals surface area contributed by atoms with E-state index in [4.69, 9.17) is 0 Å². The van der Waals surface area contributed by atoms with Crippen LogP contribution in [0.5, 0.6) is 5.75 Å².